The summed E-state index contributed by atoms with van der Waals surface area (Å²) in [7, 11) is 1.70. The minimum Gasteiger partial charge on any atom is -0.497 e. The van der Waals surface area contributed by atoms with E-state index in [-0.39, 0.29) is 24.0 Å². The highest BCUT2D eigenvalue weighted by Crippen LogP contribution is 2.22. The van der Waals surface area contributed by atoms with Gasteiger partial charge in [0.05, 0.1) is 13.7 Å². The van der Waals surface area contributed by atoms with Gasteiger partial charge in [0.25, 0.3) is 0 Å². The van der Waals surface area contributed by atoms with Crippen LogP contribution in [0.5, 0.6) is 5.75 Å². The second kappa shape index (κ2) is 13.1. The molecule has 2 aromatic rings. The van der Waals surface area contributed by atoms with Gasteiger partial charge >= 0.3 is 0 Å². The monoisotopic (exact) mass is 487 g/mol. The van der Waals surface area contributed by atoms with Gasteiger partial charge < -0.3 is 15.4 Å². The van der Waals surface area contributed by atoms with Crippen molar-refractivity contribution in [2.24, 2.45) is 4.99 Å². The number of halogens is 1. The van der Waals surface area contributed by atoms with E-state index in [1.807, 2.05) is 17.8 Å². The van der Waals surface area contributed by atoms with Crippen molar-refractivity contribution in [2.75, 3.05) is 32.2 Å². The summed E-state index contributed by atoms with van der Waals surface area (Å²) in [6.45, 7) is 4.59. The van der Waals surface area contributed by atoms with Gasteiger partial charge in [-0.2, -0.15) is 11.8 Å². The maximum absolute atomic E-state index is 5.28. The maximum Gasteiger partial charge on any atom is 0.191 e. The van der Waals surface area contributed by atoms with E-state index in [1.54, 1.807) is 7.11 Å². The van der Waals surface area contributed by atoms with Gasteiger partial charge in [-0.25, -0.2) is 4.99 Å². The van der Waals surface area contributed by atoms with Crippen LogP contribution in [0.3, 0.4) is 0 Å². The minimum atomic E-state index is 0. The highest BCUT2D eigenvalue weighted by Gasteiger charge is 2.00. The van der Waals surface area contributed by atoms with E-state index in [9.17, 15) is 0 Å². The normalized spacial score (nSPS) is 11.1. The highest BCUT2D eigenvalue weighted by molar-refractivity contribution is 14.0. The van der Waals surface area contributed by atoms with E-state index in [2.05, 4.69) is 54.1 Å². The minimum absolute atomic E-state index is 0. The van der Waals surface area contributed by atoms with Gasteiger partial charge in [0, 0.05) is 13.1 Å². The quantitative estimate of drug-likeness (QED) is 0.234. The zero-order valence-electron chi connectivity index (χ0n) is 15.9. The molecule has 2 N–H and O–H groups in total. The van der Waals surface area contributed by atoms with Crippen LogP contribution in [0.1, 0.15) is 25.3 Å². The molecule has 0 saturated carbocycles. The van der Waals surface area contributed by atoms with Crippen LogP contribution in [-0.4, -0.2) is 38.2 Å². The predicted molar refractivity (Wildman–Crippen MR) is 126 cm³/mol. The summed E-state index contributed by atoms with van der Waals surface area (Å²) in [4.78, 5) is 4.71. The van der Waals surface area contributed by atoms with Gasteiger partial charge in [-0.1, -0.05) is 18.2 Å². The molecule has 26 heavy (non-hydrogen) atoms. The standard InChI is InChI=1S/C20H29N3OS.HI/c1-4-21-20(22-11-5-6-12-25-3)23-15-16-7-8-18-14-19(24-2)10-9-17(18)13-16;/h7-10,13-14H,4-6,11-12,15H2,1-3H3,(H2,21,22,23);1H. The summed E-state index contributed by atoms with van der Waals surface area (Å²) in [5.41, 5.74) is 1.21. The smallest absolute Gasteiger partial charge is 0.191 e. The molecule has 0 spiro atoms. The molecule has 2 rings (SSSR count). The Bertz CT molecular complexity index is 694. The van der Waals surface area contributed by atoms with Crippen LogP contribution in [-0.2, 0) is 6.54 Å². The SMILES string of the molecule is CCNC(=NCc1ccc2cc(OC)ccc2c1)NCCCCSC.I. The molecule has 0 fully saturated rings. The highest BCUT2D eigenvalue weighted by atomic mass is 127. The number of rotatable bonds is 9. The van der Waals surface area contributed by atoms with Gasteiger partial charge in [0.15, 0.2) is 5.96 Å². The number of thioether (sulfide) groups is 1. The average molecular weight is 487 g/mol. The van der Waals surface area contributed by atoms with Crippen LogP contribution in [0.15, 0.2) is 41.4 Å². The molecule has 0 atom stereocenters. The second-order valence-electron chi connectivity index (χ2n) is 5.87. The first-order valence-corrected chi connectivity index (χ1v) is 10.2. The van der Waals surface area contributed by atoms with E-state index >= 15 is 0 Å². The molecule has 0 aromatic heterocycles. The van der Waals surface area contributed by atoms with Crippen molar-refractivity contribution in [1.29, 1.82) is 0 Å². The summed E-state index contributed by atoms with van der Waals surface area (Å²) in [5, 5.41) is 9.13. The first-order valence-electron chi connectivity index (χ1n) is 8.84. The molecule has 6 heteroatoms. The fourth-order valence-corrected chi connectivity index (χ4v) is 3.08. The molecule has 0 amide bonds. The Morgan fingerprint density at radius 2 is 1.85 bits per heavy atom. The van der Waals surface area contributed by atoms with Crippen LogP contribution >= 0.6 is 35.7 Å². The largest absolute Gasteiger partial charge is 0.497 e. The lowest BCUT2D eigenvalue weighted by Crippen LogP contribution is -2.37. The number of hydrogen-bond donors (Lipinski definition) is 2. The molecule has 2 aromatic carbocycles. The lowest BCUT2D eigenvalue weighted by Gasteiger charge is -2.11. The average Bonchev–Trinajstić information content (AvgIpc) is 2.65. The van der Waals surface area contributed by atoms with E-state index in [0.717, 1.165) is 24.8 Å². The van der Waals surface area contributed by atoms with E-state index in [4.69, 9.17) is 9.73 Å². The lowest BCUT2D eigenvalue weighted by molar-refractivity contribution is 0.415. The Morgan fingerprint density at radius 1 is 1.08 bits per heavy atom. The Kier molecular flexibility index (Phi) is 11.5. The van der Waals surface area contributed by atoms with Crippen LogP contribution in [0, 0.1) is 0 Å². The number of nitrogens with one attached hydrogen (secondary N) is 2. The number of hydrogen-bond acceptors (Lipinski definition) is 3. The first kappa shape index (κ1) is 22.9. The van der Waals surface area contributed by atoms with Gasteiger partial charge in [-0.05, 0) is 66.3 Å². The molecule has 0 heterocycles. The Balaban J connectivity index is 0.00000338. The number of fused-ring (bicyclic) bond motifs is 1. The number of guanidine groups is 1. The van der Waals surface area contributed by atoms with Crippen molar-refractivity contribution in [3.63, 3.8) is 0 Å². The first-order chi connectivity index (χ1) is 12.3. The number of unbranched alkanes of at least 4 members (excludes halogenated alkanes) is 1. The Labute approximate surface area is 178 Å². The lowest BCUT2D eigenvalue weighted by atomic mass is 10.1. The van der Waals surface area contributed by atoms with Crippen molar-refractivity contribution in [3.05, 3.63) is 42.0 Å². The molecule has 0 aliphatic rings. The topological polar surface area (TPSA) is 45.7 Å². The third-order valence-electron chi connectivity index (χ3n) is 3.94. The third kappa shape index (κ3) is 7.61. The molecular formula is C20H30IN3OS. The molecule has 144 valence electrons. The number of nitrogens with zero attached hydrogens (tertiary/aromatic N) is 1. The van der Waals surface area contributed by atoms with Crippen molar-refractivity contribution in [2.45, 2.75) is 26.3 Å². The van der Waals surface area contributed by atoms with E-state index < -0.39 is 0 Å². The van der Waals surface area contributed by atoms with Crippen LogP contribution in [0.2, 0.25) is 0 Å². The van der Waals surface area contributed by atoms with E-state index in [1.165, 1.54) is 34.9 Å². The number of methoxy groups -OCH3 is 1. The van der Waals surface area contributed by atoms with Crippen molar-refractivity contribution in [3.8, 4) is 5.75 Å². The molecular weight excluding hydrogens is 457 g/mol. The second-order valence-corrected chi connectivity index (χ2v) is 6.85. The fourth-order valence-electron chi connectivity index (χ4n) is 2.59. The fraction of sp³-hybridized carbons (Fsp3) is 0.450. The molecule has 0 saturated heterocycles. The van der Waals surface area contributed by atoms with Crippen molar-refractivity contribution in [1.82, 2.24) is 10.6 Å². The number of benzene rings is 2. The summed E-state index contributed by atoms with van der Waals surface area (Å²) in [6.07, 6.45) is 4.56. The molecule has 0 aliphatic carbocycles. The Hall–Kier alpha value is -1.15. The van der Waals surface area contributed by atoms with Gasteiger partial charge in [-0.15, -0.1) is 24.0 Å². The maximum atomic E-state index is 5.28. The third-order valence-corrected chi connectivity index (χ3v) is 4.64. The van der Waals surface area contributed by atoms with Gasteiger partial charge in [-0.3, -0.25) is 0 Å². The zero-order valence-corrected chi connectivity index (χ0v) is 19.0. The van der Waals surface area contributed by atoms with Crippen LogP contribution in [0.25, 0.3) is 10.8 Å². The molecule has 4 nitrogen and oxygen atoms in total. The Morgan fingerprint density at radius 3 is 2.58 bits per heavy atom. The van der Waals surface area contributed by atoms with Crippen molar-refractivity contribution >= 4 is 52.5 Å². The zero-order chi connectivity index (χ0) is 17.9. The van der Waals surface area contributed by atoms with Crippen molar-refractivity contribution < 1.29 is 4.74 Å². The van der Waals surface area contributed by atoms with Gasteiger partial charge in [0.2, 0.25) is 0 Å². The summed E-state index contributed by atoms with van der Waals surface area (Å²) < 4.78 is 5.28. The van der Waals surface area contributed by atoms with Crippen LogP contribution in [0.4, 0.5) is 0 Å². The predicted octanol–water partition coefficient (Wildman–Crippen LogP) is 4.66. The molecule has 0 radical (unpaired) electrons. The van der Waals surface area contributed by atoms with E-state index in [0.29, 0.717) is 6.54 Å². The number of ether oxygens (including phenoxy) is 1. The molecule has 0 aliphatic heterocycles. The number of aliphatic imine (C=N–C) groups is 1. The summed E-state index contributed by atoms with van der Waals surface area (Å²) >= 11 is 1.90. The van der Waals surface area contributed by atoms with Crippen LogP contribution < -0.4 is 15.4 Å². The van der Waals surface area contributed by atoms with Gasteiger partial charge in [0.1, 0.15) is 5.75 Å². The summed E-state index contributed by atoms with van der Waals surface area (Å²) in [5.74, 6) is 3.00. The summed E-state index contributed by atoms with van der Waals surface area (Å²) in [6, 6.07) is 12.6. The molecule has 0 unspecified atom stereocenters. The molecule has 0 bridgehead atoms.